The fourth-order valence-corrected chi connectivity index (χ4v) is 5.62. The van der Waals surface area contributed by atoms with Crippen LogP contribution in [0.3, 0.4) is 0 Å². The summed E-state index contributed by atoms with van der Waals surface area (Å²) in [5, 5.41) is 3.65. The largest absolute Gasteiger partial charge is 0.444 e. The predicted octanol–water partition coefficient (Wildman–Crippen LogP) is 5.04. The standard InChI is InChI=1S/C28H35F2N3O3/c1-27(2,3)36-26(35)33(17-22-23(29)8-5-9-24(22)30)13-12-28(15-20-10-11-21(16-28)32-20)19-7-4-6-18(14-19)25(31)34/h4-9,14,20-21,32H,10-13,15-17H2,1-3H3,(H2,31,34)/t20-,21+,28+. The number of primary amides is 1. The molecule has 0 unspecified atom stereocenters. The molecule has 0 aromatic heterocycles. The number of nitrogens with one attached hydrogen (secondary N) is 1. The summed E-state index contributed by atoms with van der Waals surface area (Å²) >= 11 is 0. The van der Waals surface area contributed by atoms with Crippen LogP contribution in [0, 0.1) is 11.6 Å². The molecule has 194 valence electrons. The van der Waals surface area contributed by atoms with Crippen molar-refractivity contribution in [3.05, 3.63) is 70.8 Å². The molecular weight excluding hydrogens is 464 g/mol. The molecule has 2 aliphatic rings. The van der Waals surface area contributed by atoms with E-state index in [9.17, 15) is 18.4 Å². The monoisotopic (exact) mass is 499 g/mol. The number of piperidine rings is 1. The average Bonchev–Trinajstić information content (AvgIpc) is 3.15. The summed E-state index contributed by atoms with van der Waals surface area (Å²) in [6.45, 7) is 5.27. The molecular formula is C28H35F2N3O3. The van der Waals surface area contributed by atoms with Gasteiger partial charge in [-0.05, 0) is 88.1 Å². The molecule has 3 N–H and O–H groups in total. The Morgan fingerprint density at radius 3 is 2.28 bits per heavy atom. The highest BCUT2D eigenvalue weighted by Crippen LogP contribution is 2.45. The second-order valence-electron chi connectivity index (χ2n) is 11.1. The molecule has 0 spiro atoms. The van der Waals surface area contributed by atoms with Gasteiger partial charge in [-0.25, -0.2) is 13.6 Å². The van der Waals surface area contributed by atoms with E-state index in [4.69, 9.17) is 10.5 Å². The highest BCUT2D eigenvalue weighted by molar-refractivity contribution is 5.93. The van der Waals surface area contributed by atoms with Crippen molar-refractivity contribution in [1.82, 2.24) is 10.2 Å². The molecule has 8 heteroatoms. The van der Waals surface area contributed by atoms with Gasteiger partial charge in [0.15, 0.2) is 0 Å². The van der Waals surface area contributed by atoms with Crippen LogP contribution in [-0.2, 0) is 16.7 Å². The Morgan fingerprint density at radius 1 is 1.08 bits per heavy atom. The number of ether oxygens (including phenoxy) is 1. The molecule has 36 heavy (non-hydrogen) atoms. The predicted molar refractivity (Wildman–Crippen MR) is 133 cm³/mol. The van der Waals surface area contributed by atoms with Crippen molar-refractivity contribution < 1.29 is 23.1 Å². The van der Waals surface area contributed by atoms with Crippen LogP contribution in [0.4, 0.5) is 13.6 Å². The van der Waals surface area contributed by atoms with Gasteiger partial charge < -0.3 is 20.7 Å². The van der Waals surface area contributed by atoms with E-state index in [1.54, 1.807) is 26.8 Å². The van der Waals surface area contributed by atoms with Gasteiger partial charge in [-0.1, -0.05) is 18.2 Å². The van der Waals surface area contributed by atoms with E-state index in [2.05, 4.69) is 5.32 Å². The van der Waals surface area contributed by atoms with Crippen molar-refractivity contribution in [1.29, 1.82) is 0 Å². The summed E-state index contributed by atoms with van der Waals surface area (Å²) in [5.74, 6) is -1.89. The lowest BCUT2D eigenvalue weighted by Crippen LogP contribution is -2.48. The fourth-order valence-electron chi connectivity index (χ4n) is 5.62. The third-order valence-electron chi connectivity index (χ3n) is 7.29. The van der Waals surface area contributed by atoms with Crippen LogP contribution < -0.4 is 11.1 Å². The number of fused-ring (bicyclic) bond motifs is 2. The summed E-state index contributed by atoms with van der Waals surface area (Å²) in [5.41, 5.74) is 5.75. The number of nitrogens with zero attached hydrogens (tertiary/aromatic N) is 1. The first-order chi connectivity index (χ1) is 17.0. The Kier molecular flexibility index (Phi) is 7.36. The number of carbonyl (C=O) groups is 2. The van der Waals surface area contributed by atoms with E-state index in [0.29, 0.717) is 24.1 Å². The molecule has 2 amide bonds. The van der Waals surface area contributed by atoms with Gasteiger partial charge in [0.1, 0.15) is 17.2 Å². The number of hydrogen-bond acceptors (Lipinski definition) is 4. The van der Waals surface area contributed by atoms with Gasteiger partial charge in [0.2, 0.25) is 5.91 Å². The highest BCUT2D eigenvalue weighted by Gasteiger charge is 2.45. The Labute approximate surface area is 211 Å². The molecule has 6 nitrogen and oxygen atoms in total. The van der Waals surface area contributed by atoms with Crippen LogP contribution >= 0.6 is 0 Å². The second kappa shape index (κ2) is 10.2. The molecule has 3 atom stereocenters. The van der Waals surface area contributed by atoms with E-state index in [1.807, 2.05) is 18.2 Å². The average molecular weight is 500 g/mol. The van der Waals surface area contributed by atoms with Crippen LogP contribution in [0.15, 0.2) is 42.5 Å². The van der Waals surface area contributed by atoms with Crippen LogP contribution in [0.1, 0.15) is 74.4 Å². The molecule has 2 aromatic carbocycles. The third-order valence-corrected chi connectivity index (χ3v) is 7.29. The van der Waals surface area contributed by atoms with Gasteiger partial charge in [-0.2, -0.15) is 0 Å². The minimum Gasteiger partial charge on any atom is -0.444 e. The first-order valence-electron chi connectivity index (χ1n) is 12.5. The summed E-state index contributed by atoms with van der Waals surface area (Å²) in [6, 6.07) is 11.7. The Morgan fingerprint density at radius 2 is 1.69 bits per heavy atom. The molecule has 2 aromatic rings. The summed E-state index contributed by atoms with van der Waals surface area (Å²) in [7, 11) is 0. The van der Waals surface area contributed by atoms with Gasteiger partial charge in [0.25, 0.3) is 0 Å². The van der Waals surface area contributed by atoms with Crippen LogP contribution in [0.5, 0.6) is 0 Å². The molecule has 0 saturated carbocycles. The quantitative estimate of drug-likeness (QED) is 0.559. The van der Waals surface area contributed by atoms with Gasteiger partial charge in [-0.3, -0.25) is 4.79 Å². The maximum absolute atomic E-state index is 14.5. The summed E-state index contributed by atoms with van der Waals surface area (Å²) < 4.78 is 34.6. The maximum Gasteiger partial charge on any atom is 0.410 e. The Bertz CT molecular complexity index is 1100. The second-order valence-corrected chi connectivity index (χ2v) is 11.1. The van der Waals surface area contributed by atoms with Gasteiger partial charge >= 0.3 is 6.09 Å². The lowest BCUT2D eigenvalue weighted by molar-refractivity contribution is 0.0208. The molecule has 4 rings (SSSR count). The lowest BCUT2D eigenvalue weighted by Gasteiger charge is -2.43. The van der Waals surface area contributed by atoms with E-state index >= 15 is 0 Å². The molecule has 0 radical (unpaired) electrons. The van der Waals surface area contributed by atoms with E-state index in [0.717, 1.165) is 31.2 Å². The maximum atomic E-state index is 14.5. The van der Waals surface area contributed by atoms with Crippen LogP contribution in [0.2, 0.25) is 0 Å². The van der Waals surface area contributed by atoms with Crippen molar-refractivity contribution in [2.24, 2.45) is 5.73 Å². The molecule has 0 aliphatic carbocycles. The number of benzene rings is 2. The Balaban J connectivity index is 1.65. The van der Waals surface area contributed by atoms with Crippen molar-refractivity contribution in [2.75, 3.05) is 6.54 Å². The Hall–Kier alpha value is -3.00. The normalized spacial score (nSPS) is 23.4. The zero-order valence-electron chi connectivity index (χ0n) is 21.2. The number of carbonyl (C=O) groups excluding carboxylic acids is 2. The van der Waals surface area contributed by atoms with Gasteiger partial charge in [0, 0.05) is 29.8 Å². The number of rotatable bonds is 7. The lowest BCUT2D eigenvalue weighted by atomic mass is 9.68. The number of amides is 2. The summed E-state index contributed by atoms with van der Waals surface area (Å²) in [6.07, 6.45) is 3.74. The molecule has 2 bridgehead atoms. The fraction of sp³-hybridized carbons (Fsp3) is 0.500. The zero-order chi connectivity index (χ0) is 26.1. The zero-order valence-corrected chi connectivity index (χ0v) is 21.2. The smallest absolute Gasteiger partial charge is 0.410 e. The van der Waals surface area contributed by atoms with E-state index in [1.165, 1.54) is 23.1 Å². The number of halogens is 2. The first kappa shape index (κ1) is 26.1. The molecule has 2 saturated heterocycles. The van der Waals surface area contributed by atoms with E-state index in [-0.39, 0.29) is 24.1 Å². The first-order valence-corrected chi connectivity index (χ1v) is 12.5. The van der Waals surface area contributed by atoms with Gasteiger partial charge in [0.05, 0.1) is 6.54 Å². The minimum absolute atomic E-state index is 0.168. The molecule has 2 heterocycles. The molecule has 2 fully saturated rings. The number of hydrogen-bond donors (Lipinski definition) is 2. The van der Waals surface area contributed by atoms with Crippen LogP contribution in [-0.4, -0.2) is 41.1 Å². The highest BCUT2D eigenvalue weighted by atomic mass is 19.1. The van der Waals surface area contributed by atoms with Crippen molar-refractivity contribution in [2.45, 2.75) is 82.5 Å². The molecule has 2 aliphatic heterocycles. The minimum atomic E-state index is -0.759. The van der Waals surface area contributed by atoms with E-state index < -0.39 is 29.2 Å². The SMILES string of the molecule is CC(C)(C)OC(=O)N(CC[C@]1(c2cccc(C(N)=O)c2)C[C@H]2CC[C@@H](C1)N2)Cc1c(F)cccc1F. The van der Waals surface area contributed by atoms with Crippen molar-refractivity contribution in [3.8, 4) is 0 Å². The topological polar surface area (TPSA) is 84.7 Å². The third kappa shape index (κ3) is 5.86. The van der Waals surface area contributed by atoms with Gasteiger partial charge in [-0.15, -0.1) is 0 Å². The summed E-state index contributed by atoms with van der Waals surface area (Å²) in [4.78, 5) is 26.5. The van der Waals surface area contributed by atoms with Crippen molar-refractivity contribution in [3.63, 3.8) is 0 Å². The van der Waals surface area contributed by atoms with Crippen molar-refractivity contribution >= 4 is 12.0 Å². The van der Waals surface area contributed by atoms with Crippen LogP contribution in [0.25, 0.3) is 0 Å². The number of nitrogens with two attached hydrogens (primary N) is 1.